The van der Waals surface area contributed by atoms with Crippen LogP contribution in [0.25, 0.3) is 21.5 Å². The van der Waals surface area contributed by atoms with Crippen LogP contribution in [0.4, 0.5) is 69.8 Å². The van der Waals surface area contributed by atoms with Gasteiger partial charge in [-0.05, 0) is 71.4 Å². The van der Waals surface area contributed by atoms with Gasteiger partial charge in [-0.15, -0.1) is 20.5 Å². The molecule has 6 aromatic carbocycles. The molecule has 102 heavy (non-hydrogen) atoms. The highest BCUT2D eigenvalue weighted by Crippen LogP contribution is 2.48. The number of azo groups is 2. The number of ether oxygens (including phenoxy) is 2. The lowest BCUT2D eigenvalue weighted by Gasteiger charge is -2.18. The molecule has 0 fully saturated rings. The Balaban J connectivity index is 1.09. The monoisotopic (exact) mass is 1530 g/mol. The number of hydrogen-bond donors (Lipinski definition) is 18. The Kier molecular flexibility index (Phi) is 25.2. The fraction of sp³-hybridized carbons (Fsp3) is 0.222. The highest BCUT2D eigenvalue weighted by molar-refractivity contribution is 8.76. The number of aromatic carboxylic acids is 2. The van der Waals surface area contributed by atoms with Gasteiger partial charge >= 0.3 is 23.9 Å². The third-order valence-electron chi connectivity index (χ3n) is 13.2. The van der Waals surface area contributed by atoms with E-state index in [4.69, 9.17) is 9.47 Å². The molecule has 48 heteroatoms. The Bertz CT molecular complexity index is 4790. The SMILES string of the molecule is O=C(O)c1ccccc1N=Nc1c(S(=O)(=O)O)cc2cc(S(=O)(=O)O)cc(Nc3nc(NCCOCCO)nc(NC(CSSCC(Nc4nc(NCCOCCO)nc(Nc5cc(S(=O)(=O)O)cc6cc(S(=O)(=O)O)c(N=Nc7ccccc7C(=O)O)c(O)c56)n4)C(=O)O)C(=O)O)n3)c2c1O. The number of hydrogen-bond acceptors (Lipinski definition) is 36. The first-order chi connectivity index (χ1) is 48.1. The van der Waals surface area contributed by atoms with Crippen molar-refractivity contribution in [1.82, 2.24) is 29.9 Å². The zero-order valence-corrected chi connectivity index (χ0v) is 56.2. The summed E-state index contributed by atoms with van der Waals surface area (Å²) in [7, 11) is -19.7. The number of aromatic hydroxyl groups is 2. The van der Waals surface area contributed by atoms with Gasteiger partial charge in [0.1, 0.15) is 44.6 Å². The number of anilines is 8. The molecule has 542 valence electrons. The third kappa shape index (κ3) is 20.2. The van der Waals surface area contributed by atoms with Crippen molar-refractivity contribution in [2.24, 2.45) is 20.5 Å². The van der Waals surface area contributed by atoms with Crippen molar-refractivity contribution in [3.63, 3.8) is 0 Å². The van der Waals surface area contributed by atoms with Crippen LogP contribution in [-0.2, 0) is 59.5 Å². The zero-order valence-electron chi connectivity index (χ0n) is 51.3. The molecule has 8 aromatic rings. The summed E-state index contributed by atoms with van der Waals surface area (Å²) in [6.45, 7) is -1.30. The summed E-state index contributed by atoms with van der Waals surface area (Å²) in [5.74, 6) is -12.3. The number of benzene rings is 6. The lowest BCUT2D eigenvalue weighted by Crippen LogP contribution is -2.34. The first-order valence-corrected chi connectivity index (χ1v) is 36.6. The van der Waals surface area contributed by atoms with Gasteiger partial charge in [0.15, 0.2) is 11.5 Å². The molecule has 2 heterocycles. The van der Waals surface area contributed by atoms with Crippen LogP contribution >= 0.6 is 21.6 Å². The first kappa shape index (κ1) is 77.3. The summed E-state index contributed by atoms with van der Waals surface area (Å²) in [5, 5.41) is 111. The number of rotatable bonds is 37. The second kappa shape index (κ2) is 33.3. The van der Waals surface area contributed by atoms with Crippen LogP contribution in [0, 0.1) is 0 Å². The molecule has 8 rings (SSSR count). The zero-order chi connectivity index (χ0) is 74.4. The average molecular weight is 1540 g/mol. The van der Waals surface area contributed by atoms with Crippen LogP contribution in [0.1, 0.15) is 20.7 Å². The van der Waals surface area contributed by atoms with Gasteiger partial charge in [0, 0.05) is 35.4 Å². The Morgan fingerprint density at radius 2 is 0.814 bits per heavy atom. The summed E-state index contributed by atoms with van der Waals surface area (Å²) in [6.07, 6.45) is 0. The summed E-state index contributed by atoms with van der Waals surface area (Å²) >= 11 is 0. The molecule has 2 aromatic heterocycles. The molecule has 0 saturated carbocycles. The second-order valence-corrected chi connectivity index (χ2v) is 28.4. The maximum absolute atomic E-state index is 12.9. The predicted octanol–water partition coefficient (Wildman–Crippen LogP) is 5.13. The molecule has 2 atom stereocenters. The maximum atomic E-state index is 12.9. The normalized spacial score (nSPS) is 12.7. The summed E-state index contributed by atoms with van der Waals surface area (Å²) < 4.78 is 153. The fourth-order valence-electron chi connectivity index (χ4n) is 8.78. The molecular weight excluding hydrogens is 1480 g/mol. The van der Waals surface area contributed by atoms with Crippen LogP contribution in [0.3, 0.4) is 0 Å². The van der Waals surface area contributed by atoms with Crippen LogP contribution in [0.15, 0.2) is 125 Å². The number of nitrogens with zero attached hydrogens (tertiary/aromatic N) is 10. The molecule has 2 unspecified atom stereocenters. The molecule has 0 saturated heterocycles. The van der Waals surface area contributed by atoms with Crippen LogP contribution < -0.4 is 31.9 Å². The van der Waals surface area contributed by atoms with Crippen LogP contribution in [0.5, 0.6) is 11.5 Å². The van der Waals surface area contributed by atoms with Crippen molar-refractivity contribution in [3.8, 4) is 11.5 Å². The van der Waals surface area contributed by atoms with E-state index in [-0.39, 0.29) is 76.0 Å². The van der Waals surface area contributed by atoms with E-state index in [1.165, 1.54) is 24.3 Å². The predicted molar refractivity (Wildman–Crippen MR) is 360 cm³/mol. The van der Waals surface area contributed by atoms with Gasteiger partial charge < -0.3 is 82.2 Å². The molecule has 0 aliphatic carbocycles. The second-order valence-electron chi connectivity index (χ2n) is 20.3. The highest BCUT2D eigenvalue weighted by Gasteiger charge is 2.30. The van der Waals surface area contributed by atoms with Gasteiger partial charge in [-0.3, -0.25) is 18.2 Å². The van der Waals surface area contributed by atoms with E-state index < -0.39 is 198 Å². The van der Waals surface area contributed by atoms with Crippen molar-refractivity contribution < 1.29 is 121 Å². The summed E-state index contributed by atoms with van der Waals surface area (Å²) in [5.41, 5.74) is -4.72. The largest absolute Gasteiger partial charge is 0.505 e. The number of phenols is 2. The number of aliphatic hydroxyl groups excluding tert-OH is 2. The van der Waals surface area contributed by atoms with E-state index in [0.29, 0.717) is 36.4 Å². The fourth-order valence-corrected chi connectivity index (χ4v) is 13.5. The van der Waals surface area contributed by atoms with Crippen molar-refractivity contribution in [3.05, 3.63) is 96.1 Å². The number of fused-ring (bicyclic) bond motifs is 2. The van der Waals surface area contributed by atoms with Gasteiger partial charge in [0.2, 0.25) is 35.7 Å². The number of carboxylic acids is 4. The minimum Gasteiger partial charge on any atom is -0.505 e. The molecule has 0 spiro atoms. The van der Waals surface area contributed by atoms with Crippen LogP contribution in [0.2, 0.25) is 0 Å². The quantitative estimate of drug-likeness (QED) is 0.0104. The number of aliphatic carboxylic acids is 2. The smallest absolute Gasteiger partial charge is 0.337 e. The molecule has 0 bridgehead atoms. The van der Waals surface area contributed by atoms with Gasteiger partial charge in [-0.25, -0.2) is 19.2 Å². The molecule has 0 aliphatic rings. The Labute approximate surface area is 581 Å². The number of carboxylic acid groups (broad SMARTS) is 4. The third-order valence-corrected chi connectivity index (χ3v) is 19.1. The van der Waals surface area contributed by atoms with Crippen molar-refractivity contribution >= 4 is 177 Å². The van der Waals surface area contributed by atoms with Crippen molar-refractivity contribution in [2.45, 2.75) is 31.7 Å². The standard InChI is InChI=1S/C54H54N16O26S6/c71-11-15-95-13-9-55-49-61-51(57-33-21-27(99(83,84)85)17-25-19-37(101(89,90)91)41(43(73)39(25)33)69-67-31-7-3-1-5-29(31)45(75)76)65-53(63-49)59-35(47(79)80)23-97-98-24-36(48(81)82)60-54-64-50(56-10-14-96-16-12-72)62-52(66-54)58-34-22-28(100(86,87)88)18-26-20-38(102(92,93)94)42(44(74)40(26)34)70-68-32-8-4-2-6-30(32)46(77)78/h1-8,17-22,35-36,71-74H,9-16,23-24H2,(H,75,76)(H,77,78)(H,79,80)(H,81,82)(H,83,84,85)(H,86,87,88)(H,89,90,91)(H,92,93,94)(H3,55,57,59,61,63,65)(H3,56,58,60,62,64,66). The number of nitrogens with one attached hydrogen (secondary N) is 6. The average Bonchev–Trinajstić information content (AvgIpc) is 0.753. The topological polar surface area (TPSA) is 665 Å². The maximum Gasteiger partial charge on any atom is 0.337 e. The number of phenolic OH excluding ortho intramolecular Hbond substituents is 2. The van der Waals surface area contributed by atoms with Crippen molar-refractivity contribution in [2.75, 3.05) is 96.1 Å². The van der Waals surface area contributed by atoms with Gasteiger partial charge in [0.25, 0.3) is 40.5 Å². The molecule has 0 amide bonds. The number of aromatic nitrogens is 6. The summed E-state index contributed by atoms with van der Waals surface area (Å²) in [4.78, 5) is 70.6. The molecular formula is C54H54N16O26S6. The van der Waals surface area contributed by atoms with E-state index in [1.807, 2.05) is 0 Å². The number of carbonyl (C=O) groups is 4. The van der Waals surface area contributed by atoms with Gasteiger partial charge in [0.05, 0.1) is 71.9 Å². The minimum atomic E-state index is -5.40. The Morgan fingerprint density at radius 1 is 0.461 bits per heavy atom. The number of aliphatic hydroxyl groups is 2. The molecule has 18 N–H and O–H groups in total. The van der Waals surface area contributed by atoms with Crippen molar-refractivity contribution in [1.29, 1.82) is 0 Å². The summed E-state index contributed by atoms with van der Waals surface area (Å²) in [6, 6.07) is 10.6. The van der Waals surface area contributed by atoms with E-state index in [0.717, 1.165) is 45.9 Å². The molecule has 0 aliphatic heterocycles. The van der Waals surface area contributed by atoms with E-state index >= 15 is 0 Å². The highest BCUT2D eigenvalue weighted by atomic mass is 33.1. The Morgan fingerprint density at radius 3 is 1.15 bits per heavy atom. The van der Waals surface area contributed by atoms with Gasteiger partial charge in [-0.2, -0.15) is 63.6 Å². The van der Waals surface area contributed by atoms with E-state index in [9.17, 15) is 112 Å². The lowest BCUT2D eigenvalue weighted by atomic mass is 10.1. The first-order valence-electron chi connectivity index (χ1n) is 28.3. The van der Waals surface area contributed by atoms with Gasteiger partial charge in [-0.1, -0.05) is 45.9 Å². The minimum absolute atomic E-state index is 0.0891. The van der Waals surface area contributed by atoms with E-state index in [2.05, 4.69) is 82.3 Å². The van der Waals surface area contributed by atoms with E-state index in [1.54, 1.807) is 0 Å². The Hall–Kier alpha value is -10.5. The van der Waals surface area contributed by atoms with Crippen LogP contribution in [-0.4, -0.2) is 223 Å². The molecule has 0 radical (unpaired) electrons. The lowest BCUT2D eigenvalue weighted by molar-refractivity contribution is -0.138. The molecule has 42 nitrogen and oxygen atoms in total.